The zero-order valence-corrected chi connectivity index (χ0v) is 14.8. The molecule has 3 amide bonds. The van der Waals surface area contributed by atoms with Gasteiger partial charge in [0.15, 0.2) is 0 Å². The molecule has 0 radical (unpaired) electrons. The number of benzene rings is 1. The monoisotopic (exact) mass is 368 g/mol. The lowest BCUT2D eigenvalue weighted by atomic mass is 9.85. The van der Waals surface area contributed by atoms with Crippen molar-refractivity contribution in [2.45, 2.75) is 25.3 Å². The topological polar surface area (TPSA) is 66.5 Å². The van der Waals surface area contributed by atoms with E-state index in [2.05, 4.69) is 5.32 Å². The summed E-state index contributed by atoms with van der Waals surface area (Å²) in [4.78, 5) is 39.2. The first kappa shape index (κ1) is 16.7. The summed E-state index contributed by atoms with van der Waals surface area (Å²) in [7, 11) is 0. The van der Waals surface area contributed by atoms with E-state index < -0.39 is 0 Å². The number of hydrogen-bond acceptors (Lipinski definition) is 3. The lowest BCUT2D eigenvalue weighted by Crippen LogP contribution is -2.43. The predicted octanol–water partition coefficient (Wildman–Crippen LogP) is 2.20. The molecule has 0 unspecified atom stereocenters. The van der Waals surface area contributed by atoms with Gasteiger partial charge in [-0.15, -0.1) is 0 Å². The Balaban J connectivity index is 1.28. The third-order valence-electron chi connectivity index (χ3n) is 6.50. The van der Waals surface area contributed by atoms with Gasteiger partial charge in [-0.25, -0.2) is 4.39 Å². The summed E-state index contributed by atoms with van der Waals surface area (Å²) >= 11 is 0. The van der Waals surface area contributed by atoms with E-state index in [9.17, 15) is 18.8 Å². The van der Waals surface area contributed by atoms with Gasteiger partial charge < -0.3 is 5.32 Å². The molecule has 4 aliphatic rings. The van der Waals surface area contributed by atoms with Gasteiger partial charge in [-0.3, -0.25) is 19.3 Å². The molecular formula is C21H21FN2O3. The molecule has 1 heterocycles. The number of allylic oxidation sites excluding steroid dienone is 2. The number of fused-ring (bicyclic) bond motifs is 5. The fourth-order valence-electron chi connectivity index (χ4n) is 5.06. The number of amides is 3. The van der Waals surface area contributed by atoms with Crippen LogP contribution in [0.1, 0.15) is 30.9 Å². The van der Waals surface area contributed by atoms with Crippen LogP contribution in [0.2, 0.25) is 0 Å². The molecule has 5 nitrogen and oxygen atoms in total. The largest absolute Gasteiger partial charge is 0.347 e. The summed E-state index contributed by atoms with van der Waals surface area (Å²) < 4.78 is 13.2. The lowest BCUT2D eigenvalue weighted by molar-refractivity contribution is -0.144. The van der Waals surface area contributed by atoms with E-state index in [0.29, 0.717) is 5.92 Å². The van der Waals surface area contributed by atoms with Gasteiger partial charge >= 0.3 is 0 Å². The molecule has 5 rings (SSSR count). The Morgan fingerprint density at radius 2 is 1.67 bits per heavy atom. The fraction of sp³-hybridized carbons (Fsp3) is 0.476. The van der Waals surface area contributed by atoms with Crippen LogP contribution in [0.15, 0.2) is 36.4 Å². The van der Waals surface area contributed by atoms with Gasteiger partial charge in [0.2, 0.25) is 17.7 Å². The molecule has 1 aromatic carbocycles. The molecular weight excluding hydrogens is 347 g/mol. The van der Waals surface area contributed by atoms with Crippen LogP contribution in [0.5, 0.6) is 0 Å². The second kappa shape index (κ2) is 6.01. The Labute approximate surface area is 156 Å². The Kier molecular flexibility index (Phi) is 3.71. The van der Waals surface area contributed by atoms with E-state index in [1.54, 1.807) is 12.1 Å². The van der Waals surface area contributed by atoms with E-state index in [0.717, 1.165) is 29.7 Å². The van der Waals surface area contributed by atoms with Gasteiger partial charge in [0, 0.05) is 0 Å². The van der Waals surface area contributed by atoms with Crippen molar-refractivity contribution >= 4 is 17.7 Å². The van der Waals surface area contributed by atoms with Crippen LogP contribution in [0.4, 0.5) is 4.39 Å². The second-order valence-electron chi connectivity index (χ2n) is 8.20. The molecule has 0 spiro atoms. The summed E-state index contributed by atoms with van der Waals surface area (Å²) in [6.45, 7) is -0.228. The molecule has 1 saturated heterocycles. The molecule has 2 saturated carbocycles. The van der Waals surface area contributed by atoms with Crippen molar-refractivity contribution in [3.63, 3.8) is 0 Å². The molecule has 0 aromatic heterocycles. The average Bonchev–Trinajstić information content (AvgIpc) is 3.21. The predicted molar refractivity (Wildman–Crippen MR) is 94.4 cm³/mol. The molecule has 3 fully saturated rings. The van der Waals surface area contributed by atoms with Crippen LogP contribution < -0.4 is 5.32 Å². The molecule has 1 N–H and O–H groups in total. The minimum absolute atomic E-state index is 0.142. The van der Waals surface area contributed by atoms with Crippen LogP contribution in [-0.2, 0) is 14.4 Å². The second-order valence-corrected chi connectivity index (χ2v) is 8.20. The zero-order chi connectivity index (χ0) is 18.7. The smallest absolute Gasteiger partial charge is 0.240 e. The maximum absolute atomic E-state index is 13.2. The van der Waals surface area contributed by atoms with Crippen molar-refractivity contribution in [2.75, 3.05) is 6.54 Å². The third kappa shape index (κ3) is 2.69. The molecule has 6 heteroatoms. The summed E-state index contributed by atoms with van der Waals surface area (Å²) in [5.74, 6) is -1.02. The Morgan fingerprint density at radius 1 is 1.07 bits per heavy atom. The number of halogens is 1. The van der Waals surface area contributed by atoms with Crippen molar-refractivity contribution in [1.29, 1.82) is 0 Å². The van der Waals surface area contributed by atoms with Gasteiger partial charge in [-0.1, -0.05) is 24.3 Å². The molecule has 27 heavy (non-hydrogen) atoms. The molecule has 5 atom stereocenters. The van der Waals surface area contributed by atoms with Gasteiger partial charge in [0.25, 0.3) is 0 Å². The van der Waals surface area contributed by atoms with E-state index >= 15 is 0 Å². The number of carbonyl (C=O) groups is 3. The van der Waals surface area contributed by atoms with E-state index in [1.165, 1.54) is 12.1 Å². The number of rotatable bonds is 5. The third-order valence-corrected chi connectivity index (χ3v) is 6.50. The summed E-state index contributed by atoms with van der Waals surface area (Å²) in [6, 6.07) is 5.92. The number of imide groups is 1. The minimum atomic E-state index is -0.335. The maximum Gasteiger partial charge on any atom is 0.240 e. The Hall–Kier alpha value is -2.50. The van der Waals surface area contributed by atoms with E-state index in [4.69, 9.17) is 0 Å². The highest BCUT2D eigenvalue weighted by molar-refractivity contribution is 6.08. The van der Waals surface area contributed by atoms with Gasteiger partial charge in [-0.05, 0) is 54.7 Å². The normalized spacial score (nSPS) is 32.1. The summed E-state index contributed by atoms with van der Waals surface area (Å²) in [5, 5.41) is 2.96. The lowest BCUT2D eigenvalue weighted by Gasteiger charge is -2.22. The van der Waals surface area contributed by atoms with Crippen molar-refractivity contribution in [2.24, 2.45) is 29.6 Å². The van der Waals surface area contributed by atoms with Gasteiger partial charge in [0.1, 0.15) is 12.4 Å². The highest BCUT2D eigenvalue weighted by Gasteiger charge is 2.59. The molecule has 1 aromatic rings. The van der Waals surface area contributed by atoms with Crippen molar-refractivity contribution < 1.29 is 18.8 Å². The highest BCUT2D eigenvalue weighted by Crippen LogP contribution is 2.52. The van der Waals surface area contributed by atoms with Crippen LogP contribution in [0.25, 0.3) is 0 Å². The number of nitrogens with one attached hydrogen (secondary N) is 1. The highest BCUT2D eigenvalue weighted by atomic mass is 19.1. The minimum Gasteiger partial charge on any atom is -0.347 e. The van der Waals surface area contributed by atoms with Crippen molar-refractivity contribution in [3.8, 4) is 0 Å². The summed E-state index contributed by atoms with van der Waals surface area (Å²) in [6.07, 6.45) is 6.96. The SMILES string of the molecule is O=C(CN1C(=O)[C@H]2[C@H](C1=O)[C@H]1C=C[C@H]2C1)N[C@@H](c1ccc(F)cc1)C1CC1. The molecule has 1 aliphatic heterocycles. The Morgan fingerprint density at radius 3 is 2.22 bits per heavy atom. The van der Waals surface area contributed by atoms with Crippen LogP contribution in [0, 0.1) is 35.4 Å². The molecule has 3 aliphatic carbocycles. The zero-order valence-electron chi connectivity index (χ0n) is 14.8. The average molecular weight is 368 g/mol. The quantitative estimate of drug-likeness (QED) is 0.640. The van der Waals surface area contributed by atoms with Crippen LogP contribution >= 0.6 is 0 Å². The number of carbonyl (C=O) groups excluding carboxylic acids is 3. The van der Waals surface area contributed by atoms with Crippen LogP contribution in [-0.4, -0.2) is 29.2 Å². The van der Waals surface area contributed by atoms with Gasteiger partial charge in [0.05, 0.1) is 17.9 Å². The maximum atomic E-state index is 13.2. The standard InChI is InChI=1S/C21H21FN2O3/c22-15-7-5-12(6-8-15)19(11-1-2-11)23-16(25)10-24-20(26)17-13-3-4-14(9-13)18(17)21(24)27/h3-8,11,13-14,17-19H,1-2,9-10H2,(H,23,25)/t13-,14-,17+,18+,19+/m0/s1. The number of nitrogens with zero attached hydrogens (tertiary/aromatic N) is 1. The van der Waals surface area contributed by atoms with E-state index in [1.807, 2.05) is 12.2 Å². The van der Waals surface area contributed by atoms with Crippen molar-refractivity contribution in [1.82, 2.24) is 10.2 Å². The summed E-state index contributed by atoms with van der Waals surface area (Å²) in [5.41, 5.74) is 0.852. The van der Waals surface area contributed by atoms with Gasteiger partial charge in [-0.2, -0.15) is 0 Å². The Bertz CT molecular complexity index is 815. The number of likely N-dealkylation sites (tertiary alicyclic amines) is 1. The van der Waals surface area contributed by atoms with Crippen LogP contribution in [0.3, 0.4) is 0 Å². The van der Waals surface area contributed by atoms with Crippen molar-refractivity contribution in [3.05, 3.63) is 47.8 Å². The first-order chi connectivity index (χ1) is 13.0. The molecule has 140 valence electrons. The first-order valence-electron chi connectivity index (χ1n) is 9.61. The molecule has 2 bridgehead atoms. The first-order valence-corrected chi connectivity index (χ1v) is 9.61. The fourth-order valence-corrected chi connectivity index (χ4v) is 5.06. The van der Waals surface area contributed by atoms with E-state index in [-0.39, 0.29) is 59.8 Å². The number of hydrogen-bond donors (Lipinski definition) is 1.